The number of benzene rings is 3. The fourth-order valence-electron chi connectivity index (χ4n) is 9.47. The molecule has 2 fully saturated rings. The molecule has 2 saturated heterocycles. The first-order valence-electron chi connectivity index (χ1n) is 24.9. The number of fused-ring (bicyclic) bond motifs is 1. The van der Waals surface area contributed by atoms with E-state index in [1.165, 1.54) is 4.90 Å². The quantitative estimate of drug-likeness (QED) is 0.0271. The van der Waals surface area contributed by atoms with Gasteiger partial charge >= 0.3 is 0 Å². The van der Waals surface area contributed by atoms with E-state index in [9.17, 15) is 24.0 Å². The van der Waals surface area contributed by atoms with Crippen molar-refractivity contribution in [1.82, 2.24) is 35.7 Å². The van der Waals surface area contributed by atoms with E-state index in [1.54, 1.807) is 30.6 Å². The summed E-state index contributed by atoms with van der Waals surface area (Å²) in [7, 11) is 0. The highest BCUT2D eigenvalue weighted by molar-refractivity contribution is 6.07. The average Bonchev–Trinajstić information content (AvgIpc) is 4.03. The Kier molecular flexibility index (Phi) is 19.4. The molecule has 20 heteroatoms. The fraction of sp³-hybridized carbons (Fsp3) is 0.434. The second kappa shape index (κ2) is 26.3. The van der Waals surface area contributed by atoms with Crippen molar-refractivity contribution in [3.63, 3.8) is 0 Å². The number of carbonyl (C=O) groups excluding carboxylic acids is 5. The first-order valence-corrected chi connectivity index (χ1v) is 24.9. The Morgan fingerprint density at radius 3 is 2.30 bits per heavy atom. The molecule has 3 aromatic carbocycles. The zero-order chi connectivity index (χ0) is 50.3. The molecule has 1 unspecified atom stereocenters. The number of amides is 5. The van der Waals surface area contributed by atoms with Gasteiger partial charge in [-0.3, -0.25) is 39.4 Å². The normalized spacial score (nSPS) is 16.1. The molecule has 19 nitrogen and oxygen atoms in total. The molecule has 73 heavy (non-hydrogen) atoms. The summed E-state index contributed by atoms with van der Waals surface area (Å²) in [4.78, 5) is 73.1. The van der Waals surface area contributed by atoms with Crippen LogP contribution in [0.15, 0.2) is 79.1 Å². The maximum atomic E-state index is 13.1. The van der Waals surface area contributed by atoms with Gasteiger partial charge in [0.15, 0.2) is 11.6 Å². The lowest BCUT2D eigenvalue weighted by atomic mass is 9.85. The molecule has 2 aromatic heterocycles. The number of H-pyrrole nitrogens is 1. The van der Waals surface area contributed by atoms with Crippen molar-refractivity contribution in [1.29, 1.82) is 0 Å². The number of anilines is 2. The fourth-order valence-corrected chi connectivity index (χ4v) is 9.47. The molecule has 8 rings (SSSR count). The van der Waals surface area contributed by atoms with E-state index < -0.39 is 23.4 Å². The van der Waals surface area contributed by atoms with Gasteiger partial charge in [0.05, 0.1) is 51.6 Å². The minimum absolute atomic E-state index is 0. The lowest BCUT2D eigenvalue weighted by Crippen LogP contribution is -2.52. The van der Waals surface area contributed by atoms with Crippen LogP contribution in [0.4, 0.5) is 11.4 Å². The number of primary amides is 1. The molecule has 3 aliphatic heterocycles. The van der Waals surface area contributed by atoms with E-state index in [4.69, 9.17) is 29.7 Å². The maximum absolute atomic E-state index is 13.1. The van der Waals surface area contributed by atoms with Gasteiger partial charge in [-0.05, 0) is 112 Å². The van der Waals surface area contributed by atoms with Crippen LogP contribution in [0.25, 0.3) is 22.5 Å². The lowest BCUT2D eigenvalue weighted by Gasteiger charge is -2.39. The molecule has 0 radical (unpaired) electrons. The Hall–Kier alpha value is -6.77. The number of ether oxygens (including phenoxy) is 4. The molecule has 388 valence electrons. The molecule has 0 bridgehead atoms. The first kappa shape index (κ1) is 54.0. The van der Waals surface area contributed by atoms with E-state index in [0.29, 0.717) is 74.3 Å². The van der Waals surface area contributed by atoms with Gasteiger partial charge < -0.3 is 45.5 Å². The summed E-state index contributed by atoms with van der Waals surface area (Å²) < 4.78 is 23.2. The number of halogens is 1. The number of nitrogens with two attached hydrogens (primary N) is 1. The standard InChI is InChI=1S/C53H64N10O9.ClH/c1-2-38-40(48(54)66)14-13-39(47(38)60-53(20-24-56-25-21-53)52-59-49(61-62-52)35-17-22-55-23-18-35)36-9-7-10-37(33-36)72-27-6-4-3-5-26-69-29-31-71-32-30-70-28-19-46(65)57-43-12-8-11-41-42(43)34-63(51(41)68)44-15-16-45(64)58-50(44)67;/h7-14,17-18,22-23,33,44,56,60H,2-6,15-16,19-21,24-32,34H2,1H3,(H2,54,66)(H,57,65)(H,58,64,67)(H,59,61,62);1H. The van der Waals surface area contributed by atoms with Crippen LogP contribution in [0.2, 0.25) is 0 Å². The molecular weight excluding hydrogens is 956 g/mol. The van der Waals surface area contributed by atoms with E-state index in [2.05, 4.69) is 42.5 Å². The summed E-state index contributed by atoms with van der Waals surface area (Å²) >= 11 is 0. The Labute approximate surface area is 430 Å². The van der Waals surface area contributed by atoms with Crippen molar-refractivity contribution < 1.29 is 42.9 Å². The van der Waals surface area contributed by atoms with E-state index in [0.717, 1.165) is 91.1 Å². The highest BCUT2D eigenvalue weighted by Crippen LogP contribution is 2.41. The molecule has 0 aliphatic carbocycles. The number of nitrogens with zero attached hydrogens (tertiary/aromatic N) is 4. The zero-order valence-corrected chi connectivity index (χ0v) is 42.0. The smallest absolute Gasteiger partial charge is 0.255 e. The number of pyridine rings is 1. The number of nitrogens with one attached hydrogen (secondary N) is 5. The number of aromatic amines is 1. The Bertz CT molecular complexity index is 2700. The van der Waals surface area contributed by atoms with Gasteiger partial charge in [-0.1, -0.05) is 37.6 Å². The molecule has 0 spiro atoms. The predicted octanol–water partition coefficient (Wildman–Crippen LogP) is 6.09. The van der Waals surface area contributed by atoms with Crippen molar-refractivity contribution in [3.05, 3.63) is 107 Å². The topological polar surface area (TPSA) is 254 Å². The monoisotopic (exact) mass is 1020 g/mol. The van der Waals surface area contributed by atoms with Crippen molar-refractivity contribution in [2.45, 2.75) is 89.3 Å². The molecule has 0 saturated carbocycles. The largest absolute Gasteiger partial charge is 0.494 e. The SMILES string of the molecule is CCc1c(C(N)=O)ccc(-c2cccc(OCCCCCCOCCOCCOCCC(=O)Nc3cccc4c3CN(C3CCC(=O)NC3=O)C4=O)c2)c1NC1(c2nc(-c3ccncc3)n[nH]2)CCNCC1.Cl. The second-order valence-electron chi connectivity index (χ2n) is 18.1. The van der Waals surface area contributed by atoms with Crippen molar-refractivity contribution in [3.8, 4) is 28.3 Å². The highest BCUT2D eigenvalue weighted by Gasteiger charge is 2.41. The van der Waals surface area contributed by atoms with Gasteiger partial charge in [-0.2, -0.15) is 5.10 Å². The van der Waals surface area contributed by atoms with Crippen molar-refractivity contribution in [2.75, 3.05) is 70.0 Å². The van der Waals surface area contributed by atoms with Crippen LogP contribution < -0.4 is 31.7 Å². The van der Waals surface area contributed by atoms with Crippen LogP contribution in [0.5, 0.6) is 5.75 Å². The summed E-state index contributed by atoms with van der Waals surface area (Å²) in [5.41, 5.74) is 11.9. The summed E-state index contributed by atoms with van der Waals surface area (Å²) in [5, 5.41) is 20.4. The second-order valence-corrected chi connectivity index (χ2v) is 18.1. The van der Waals surface area contributed by atoms with Crippen LogP contribution in [0.1, 0.15) is 102 Å². The third-order valence-corrected chi connectivity index (χ3v) is 13.3. The number of imide groups is 1. The van der Waals surface area contributed by atoms with E-state index >= 15 is 0 Å². The number of piperidine rings is 2. The Morgan fingerprint density at radius 1 is 0.836 bits per heavy atom. The first-order chi connectivity index (χ1) is 35.1. The van der Waals surface area contributed by atoms with Crippen LogP contribution in [0, 0.1) is 0 Å². The number of hydrogen-bond donors (Lipinski definition) is 6. The zero-order valence-electron chi connectivity index (χ0n) is 41.2. The molecule has 5 heterocycles. The third kappa shape index (κ3) is 13.6. The van der Waals surface area contributed by atoms with E-state index in [-0.39, 0.29) is 62.5 Å². The minimum atomic E-state index is -0.728. The summed E-state index contributed by atoms with van der Waals surface area (Å²) in [5.74, 6) is 0.218. The van der Waals surface area contributed by atoms with Crippen LogP contribution in [-0.2, 0) is 47.1 Å². The van der Waals surface area contributed by atoms with Crippen molar-refractivity contribution in [2.24, 2.45) is 5.73 Å². The highest BCUT2D eigenvalue weighted by atomic mass is 35.5. The number of carbonyl (C=O) groups is 5. The molecule has 5 amide bonds. The average molecular weight is 1020 g/mol. The molecule has 5 aromatic rings. The summed E-state index contributed by atoms with van der Waals surface area (Å²) in [6, 6.07) is 20.0. The minimum Gasteiger partial charge on any atom is -0.494 e. The molecule has 7 N–H and O–H groups in total. The number of aromatic nitrogens is 4. The predicted molar refractivity (Wildman–Crippen MR) is 276 cm³/mol. The molecule has 1 atom stereocenters. The van der Waals surface area contributed by atoms with Gasteiger partial charge in [-0.25, -0.2) is 4.98 Å². The molecular formula is C53H65ClN10O9. The number of hydrogen-bond acceptors (Lipinski definition) is 14. The van der Waals surface area contributed by atoms with Gasteiger partial charge in [0.25, 0.3) is 5.91 Å². The van der Waals surface area contributed by atoms with Crippen LogP contribution in [0.3, 0.4) is 0 Å². The summed E-state index contributed by atoms with van der Waals surface area (Å²) in [6.45, 7) is 6.76. The van der Waals surface area contributed by atoms with Gasteiger partial charge in [0.2, 0.25) is 23.6 Å². The Balaban J connectivity index is 0.00000780. The van der Waals surface area contributed by atoms with Crippen LogP contribution >= 0.6 is 12.4 Å². The molecule has 3 aliphatic rings. The van der Waals surface area contributed by atoms with Gasteiger partial charge in [0.1, 0.15) is 11.8 Å². The summed E-state index contributed by atoms with van der Waals surface area (Å²) in [6.07, 6.45) is 9.88. The third-order valence-electron chi connectivity index (χ3n) is 13.3. The Morgan fingerprint density at radius 2 is 1.56 bits per heavy atom. The lowest BCUT2D eigenvalue weighted by molar-refractivity contribution is -0.137. The number of rotatable bonds is 26. The van der Waals surface area contributed by atoms with Gasteiger partial charge in [-0.15, -0.1) is 12.4 Å². The number of unbranched alkanes of at least 4 members (excludes halogenated alkanes) is 3. The van der Waals surface area contributed by atoms with Crippen LogP contribution in [-0.4, -0.2) is 120 Å². The van der Waals surface area contributed by atoms with E-state index in [1.807, 2.05) is 49.4 Å². The maximum Gasteiger partial charge on any atom is 0.255 e. The van der Waals surface area contributed by atoms with Crippen molar-refractivity contribution >= 4 is 53.3 Å². The van der Waals surface area contributed by atoms with Gasteiger partial charge in [0, 0.05) is 71.2 Å².